The van der Waals surface area contributed by atoms with Crippen molar-refractivity contribution in [3.8, 4) is 0 Å². The van der Waals surface area contributed by atoms with Gasteiger partial charge in [0.2, 0.25) is 0 Å². The number of aliphatic hydroxyl groups excluding tert-OH is 1. The molecule has 5 heteroatoms. The first-order valence-electron chi connectivity index (χ1n) is 6.65. The van der Waals surface area contributed by atoms with E-state index in [2.05, 4.69) is 0 Å². The molecule has 1 aromatic carbocycles. The van der Waals surface area contributed by atoms with Crippen LogP contribution in [0, 0.1) is 0 Å². The van der Waals surface area contributed by atoms with Gasteiger partial charge in [0.05, 0.1) is 12.2 Å². The topological polar surface area (TPSA) is 60.8 Å². The molecule has 0 radical (unpaired) electrons. The van der Waals surface area contributed by atoms with Crippen LogP contribution in [0.25, 0.3) is 5.57 Å². The summed E-state index contributed by atoms with van der Waals surface area (Å²) in [6, 6.07) is 7.31. The lowest BCUT2D eigenvalue weighted by Gasteiger charge is -2.35. The van der Waals surface area contributed by atoms with Crippen LogP contribution in [0.1, 0.15) is 18.4 Å². The Morgan fingerprint density at radius 3 is 2.81 bits per heavy atom. The van der Waals surface area contributed by atoms with E-state index in [0.29, 0.717) is 11.3 Å². The maximum Gasteiger partial charge on any atom is 0.303 e. The molecule has 4 nitrogen and oxygen atoms in total. The van der Waals surface area contributed by atoms with Crippen LogP contribution in [0.15, 0.2) is 53.7 Å². The molecule has 0 saturated carbocycles. The van der Waals surface area contributed by atoms with E-state index in [-0.39, 0.29) is 31.0 Å². The average molecular weight is 287 g/mol. The number of carbonyl (C=O) groups is 1. The van der Waals surface area contributed by atoms with Crippen LogP contribution in [0.4, 0.5) is 10.1 Å². The van der Waals surface area contributed by atoms with Crippen molar-refractivity contribution < 1.29 is 19.4 Å². The molecule has 2 aliphatic rings. The van der Waals surface area contributed by atoms with Crippen molar-refractivity contribution in [2.45, 2.75) is 12.8 Å². The van der Waals surface area contributed by atoms with Gasteiger partial charge in [0.15, 0.2) is 0 Å². The number of halogens is 1. The standard InChI is InChI=1S/C16H14FNO3/c17-10-5-7-14-16(21)12(6-8-15(19)20)11-3-1-2-4-13(11)18(14)9-10/h1-5,7,21H,6,8-9H2,(H,19,20). The Labute approximate surface area is 121 Å². The second-order valence-electron chi connectivity index (χ2n) is 4.99. The highest BCUT2D eigenvalue weighted by molar-refractivity contribution is 5.87. The maximum atomic E-state index is 13.5. The fraction of sp³-hybridized carbons (Fsp3) is 0.188. The number of hydrogen-bond acceptors (Lipinski definition) is 3. The van der Waals surface area contributed by atoms with Gasteiger partial charge in [0.25, 0.3) is 0 Å². The van der Waals surface area contributed by atoms with E-state index < -0.39 is 5.97 Å². The van der Waals surface area contributed by atoms with Gasteiger partial charge in [0.1, 0.15) is 11.6 Å². The van der Waals surface area contributed by atoms with E-state index >= 15 is 0 Å². The van der Waals surface area contributed by atoms with Crippen molar-refractivity contribution in [3.63, 3.8) is 0 Å². The summed E-state index contributed by atoms with van der Waals surface area (Å²) in [7, 11) is 0. The molecule has 0 saturated heterocycles. The van der Waals surface area contributed by atoms with Crippen molar-refractivity contribution >= 4 is 17.2 Å². The molecule has 3 rings (SSSR count). The summed E-state index contributed by atoms with van der Waals surface area (Å²) >= 11 is 0. The highest BCUT2D eigenvalue weighted by Gasteiger charge is 2.30. The number of benzene rings is 1. The number of carboxylic acids is 1. The smallest absolute Gasteiger partial charge is 0.303 e. The van der Waals surface area contributed by atoms with Crippen LogP contribution in [0.2, 0.25) is 0 Å². The molecule has 0 bridgehead atoms. The number of allylic oxidation sites excluding steroid dienone is 3. The molecule has 21 heavy (non-hydrogen) atoms. The Morgan fingerprint density at radius 2 is 2.05 bits per heavy atom. The van der Waals surface area contributed by atoms with Gasteiger partial charge in [-0.15, -0.1) is 0 Å². The number of carboxylic acid groups (broad SMARTS) is 1. The molecule has 2 aliphatic heterocycles. The number of nitrogens with zero attached hydrogens (tertiary/aromatic N) is 1. The highest BCUT2D eigenvalue weighted by atomic mass is 19.1. The summed E-state index contributed by atoms with van der Waals surface area (Å²) in [4.78, 5) is 12.5. The zero-order valence-corrected chi connectivity index (χ0v) is 11.2. The fourth-order valence-corrected chi connectivity index (χ4v) is 2.70. The van der Waals surface area contributed by atoms with Crippen molar-refractivity contribution in [3.05, 3.63) is 59.3 Å². The molecule has 2 N–H and O–H groups in total. The SMILES string of the molecule is O=C(O)CCC1=C(O)C2=CC=C(F)CN2c2ccccc21. The Balaban J connectivity index is 2.12. The minimum Gasteiger partial charge on any atom is -0.505 e. The molecular weight excluding hydrogens is 273 g/mol. The quantitative estimate of drug-likeness (QED) is 0.894. The first-order valence-corrected chi connectivity index (χ1v) is 6.65. The predicted octanol–water partition coefficient (Wildman–Crippen LogP) is 3.39. The molecule has 0 unspecified atom stereocenters. The summed E-state index contributed by atoms with van der Waals surface area (Å²) in [5.74, 6) is -1.17. The fourth-order valence-electron chi connectivity index (χ4n) is 2.70. The summed E-state index contributed by atoms with van der Waals surface area (Å²) in [5, 5.41) is 19.3. The van der Waals surface area contributed by atoms with Gasteiger partial charge in [-0.25, -0.2) is 4.39 Å². The number of aliphatic carboxylic acids is 1. The van der Waals surface area contributed by atoms with Crippen LogP contribution < -0.4 is 4.90 Å². The molecule has 0 fully saturated rings. The van der Waals surface area contributed by atoms with Gasteiger partial charge in [-0.05, 0) is 24.6 Å². The minimum absolute atomic E-state index is 0.0266. The third-order valence-corrected chi connectivity index (χ3v) is 3.66. The van der Waals surface area contributed by atoms with Gasteiger partial charge in [-0.3, -0.25) is 4.79 Å². The minimum atomic E-state index is -0.918. The number of hydrogen-bond donors (Lipinski definition) is 2. The van der Waals surface area contributed by atoms with Crippen LogP contribution in [0.5, 0.6) is 0 Å². The summed E-state index contributed by atoms with van der Waals surface area (Å²) in [6.45, 7) is 0.0686. The van der Waals surface area contributed by atoms with E-state index in [4.69, 9.17) is 5.11 Å². The van der Waals surface area contributed by atoms with E-state index in [1.165, 1.54) is 12.2 Å². The van der Waals surface area contributed by atoms with E-state index in [1.807, 2.05) is 24.3 Å². The maximum absolute atomic E-state index is 13.5. The zero-order valence-electron chi connectivity index (χ0n) is 11.2. The number of anilines is 1. The summed E-state index contributed by atoms with van der Waals surface area (Å²) in [5.41, 5.74) is 2.63. The molecule has 0 spiro atoms. The first-order chi connectivity index (χ1) is 10.1. The van der Waals surface area contributed by atoms with Crippen molar-refractivity contribution in [1.82, 2.24) is 0 Å². The average Bonchev–Trinajstić information content (AvgIpc) is 2.46. The van der Waals surface area contributed by atoms with Crippen molar-refractivity contribution in [2.75, 3.05) is 11.4 Å². The molecule has 0 atom stereocenters. The highest BCUT2D eigenvalue weighted by Crippen LogP contribution is 2.42. The van der Waals surface area contributed by atoms with Crippen LogP contribution in [0.3, 0.4) is 0 Å². The first kappa shape index (κ1) is 13.4. The summed E-state index contributed by atoms with van der Waals surface area (Å²) in [6.07, 6.45) is 3.01. The van der Waals surface area contributed by atoms with Crippen molar-refractivity contribution in [2.24, 2.45) is 0 Å². The lowest BCUT2D eigenvalue weighted by atomic mass is 9.91. The molecule has 0 amide bonds. The molecule has 2 heterocycles. The number of para-hydroxylation sites is 1. The van der Waals surface area contributed by atoms with Crippen LogP contribution >= 0.6 is 0 Å². The molecule has 0 aliphatic carbocycles. The number of fused-ring (bicyclic) bond motifs is 3. The Bertz CT molecular complexity index is 703. The Hall–Kier alpha value is -2.56. The number of rotatable bonds is 3. The van der Waals surface area contributed by atoms with Gasteiger partial charge in [-0.1, -0.05) is 18.2 Å². The Morgan fingerprint density at radius 1 is 1.29 bits per heavy atom. The second-order valence-corrected chi connectivity index (χ2v) is 4.99. The molecular formula is C16H14FNO3. The van der Waals surface area contributed by atoms with Gasteiger partial charge in [-0.2, -0.15) is 0 Å². The van der Waals surface area contributed by atoms with Gasteiger partial charge >= 0.3 is 5.97 Å². The van der Waals surface area contributed by atoms with Gasteiger partial charge in [0, 0.05) is 23.2 Å². The van der Waals surface area contributed by atoms with Crippen molar-refractivity contribution in [1.29, 1.82) is 0 Å². The van der Waals surface area contributed by atoms with E-state index in [1.54, 1.807) is 4.90 Å². The molecule has 1 aromatic rings. The zero-order chi connectivity index (χ0) is 15.0. The largest absolute Gasteiger partial charge is 0.505 e. The molecule has 108 valence electrons. The lowest BCUT2D eigenvalue weighted by Crippen LogP contribution is -2.31. The lowest BCUT2D eigenvalue weighted by molar-refractivity contribution is -0.136. The monoisotopic (exact) mass is 287 g/mol. The van der Waals surface area contributed by atoms with E-state index in [0.717, 1.165) is 11.3 Å². The second kappa shape index (κ2) is 5.09. The van der Waals surface area contributed by atoms with Crippen LogP contribution in [-0.2, 0) is 4.79 Å². The van der Waals surface area contributed by atoms with Crippen LogP contribution in [-0.4, -0.2) is 22.7 Å². The Kier molecular flexibility index (Phi) is 3.25. The normalized spacial score (nSPS) is 16.9. The third kappa shape index (κ3) is 2.31. The third-order valence-electron chi connectivity index (χ3n) is 3.66. The summed E-state index contributed by atoms with van der Waals surface area (Å²) < 4.78 is 13.5. The number of aliphatic hydroxyl groups is 1. The molecule has 0 aromatic heterocycles. The predicted molar refractivity (Wildman–Crippen MR) is 77.5 cm³/mol. The van der Waals surface area contributed by atoms with Gasteiger partial charge < -0.3 is 15.1 Å². The van der Waals surface area contributed by atoms with E-state index in [9.17, 15) is 14.3 Å².